The summed E-state index contributed by atoms with van der Waals surface area (Å²) >= 11 is 0. The average molecular weight is 292 g/mol. The molecule has 4 nitrogen and oxygen atoms in total. The first kappa shape index (κ1) is 14.1. The highest BCUT2D eigenvalue weighted by Gasteiger charge is 2.06. The Labute approximate surface area is 128 Å². The van der Waals surface area contributed by atoms with Gasteiger partial charge in [-0.25, -0.2) is 4.79 Å². The molecule has 0 fully saturated rings. The summed E-state index contributed by atoms with van der Waals surface area (Å²) in [6.07, 6.45) is 1.80. The van der Waals surface area contributed by atoms with Crippen molar-refractivity contribution in [2.24, 2.45) is 0 Å². The number of rotatable bonds is 4. The summed E-state index contributed by atoms with van der Waals surface area (Å²) in [5, 5.41) is 13.2. The van der Waals surface area contributed by atoms with Gasteiger partial charge < -0.3 is 5.11 Å². The second-order valence-corrected chi connectivity index (χ2v) is 4.99. The third-order valence-corrected chi connectivity index (χ3v) is 3.66. The Bertz CT molecular complexity index is 787. The van der Waals surface area contributed by atoms with Crippen LogP contribution < -0.4 is 0 Å². The first-order chi connectivity index (χ1) is 10.7. The van der Waals surface area contributed by atoms with Gasteiger partial charge >= 0.3 is 5.97 Å². The second-order valence-electron chi connectivity index (χ2n) is 4.99. The van der Waals surface area contributed by atoms with Crippen LogP contribution in [0.1, 0.15) is 17.3 Å². The molecule has 1 N–H and O–H groups in total. The monoisotopic (exact) mass is 292 g/mol. The SMILES string of the molecule is CCn1nccc1-c1ccc(-c2ccc(C(=O)O)cc2)cc1. The summed E-state index contributed by atoms with van der Waals surface area (Å²) in [5.41, 5.74) is 4.57. The molecular weight excluding hydrogens is 276 g/mol. The summed E-state index contributed by atoms with van der Waals surface area (Å²) in [6.45, 7) is 2.90. The Balaban J connectivity index is 1.89. The maximum Gasteiger partial charge on any atom is 0.335 e. The van der Waals surface area contributed by atoms with E-state index in [0.717, 1.165) is 28.9 Å². The number of aromatic nitrogens is 2. The highest BCUT2D eigenvalue weighted by Crippen LogP contribution is 2.25. The number of aromatic carboxylic acids is 1. The molecule has 22 heavy (non-hydrogen) atoms. The maximum absolute atomic E-state index is 10.9. The molecule has 3 rings (SSSR count). The van der Waals surface area contributed by atoms with Crippen molar-refractivity contribution >= 4 is 5.97 Å². The Morgan fingerprint density at radius 1 is 0.955 bits per heavy atom. The van der Waals surface area contributed by atoms with Crippen molar-refractivity contribution in [2.75, 3.05) is 0 Å². The number of carboxylic acid groups (broad SMARTS) is 1. The number of carboxylic acids is 1. The van der Waals surface area contributed by atoms with Crippen molar-refractivity contribution in [3.05, 3.63) is 66.4 Å². The molecule has 1 aromatic heterocycles. The lowest BCUT2D eigenvalue weighted by Crippen LogP contribution is -1.98. The van der Waals surface area contributed by atoms with Gasteiger partial charge in [-0.2, -0.15) is 5.10 Å². The van der Waals surface area contributed by atoms with E-state index in [-0.39, 0.29) is 0 Å². The van der Waals surface area contributed by atoms with Gasteiger partial charge in [0.05, 0.1) is 11.3 Å². The van der Waals surface area contributed by atoms with Gasteiger partial charge in [0.1, 0.15) is 0 Å². The largest absolute Gasteiger partial charge is 0.478 e. The van der Waals surface area contributed by atoms with Crippen molar-refractivity contribution in [1.82, 2.24) is 9.78 Å². The van der Waals surface area contributed by atoms with Crippen LogP contribution in [0.2, 0.25) is 0 Å². The highest BCUT2D eigenvalue weighted by molar-refractivity contribution is 5.88. The number of aryl methyl sites for hydroxylation is 1. The summed E-state index contributed by atoms with van der Waals surface area (Å²) in [4.78, 5) is 10.9. The van der Waals surface area contributed by atoms with E-state index >= 15 is 0 Å². The van der Waals surface area contributed by atoms with Crippen LogP contribution in [-0.4, -0.2) is 20.9 Å². The maximum atomic E-state index is 10.9. The van der Waals surface area contributed by atoms with Crippen molar-refractivity contribution < 1.29 is 9.90 Å². The van der Waals surface area contributed by atoms with Gasteiger partial charge in [-0.1, -0.05) is 36.4 Å². The third-order valence-electron chi connectivity index (χ3n) is 3.66. The fourth-order valence-electron chi connectivity index (χ4n) is 2.47. The van der Waals surface area contributed by atoms with Crippen LogP contribution in [0.25, 0.3) is 22.4 Å². The molecule has 110 valence electrons. The van der Waals surface area contributed by atoms with Crippen LogP contribution >= 0.6 is 0 Å². The predicted molar refractivity (Wildman–Crippen MR) is 85.7 cm³/mol. The molecule has 2 aromatic carbocycles. The minimum atomic E-state index is -0.908. The van der Waals surface area contributed by atoms with Crippen molar-refractivity contribution in [2.45, 2.75) is 13.5 Å². The number of nitrogens with zero attached hydrogens (tertiary/aromatic N) is 2. The normalized spacial score (nSPS) is 10.6. The summed E-state index contributed by atoms with van der Waals surface area (Å²) in [7, 11) is 0. The van der Waals surface area contributed by atoms with Gasteiger partial charge in [0.15, 0.2) is 0 Å². The minimum Gasteiger partial charge on any atom is -0.478 e. The van der Waals surface area contributed by atoms with E-state index in [4.69, 9.17) is 5.11 Å². The van der Waals surface area contributed by atoms with E-state index in [2.05, 4.69) is 24.2 Å². The zero-order chi connectivity index (χ0) is 15.5. The van der Waals surface area contributed by atoms with E-state index in [1.54, 1.807) is 18.3 Å². The quantitative estimate of drug-likeness (QED) is 0.792. The van der Waals surface area contributed by atoms with Gasteiger partial charge in [-0.15, -0.1) is 0 Å². The molecular formula is C18H16N2O2. The van der Waals surface area contributed by atoms with Crippen LogP contribution in [0.5, 0.6) is 0 Å². The van der Waals surface area contributed by atoms with Gasteiger partial charge in [0, 0.05) is 12.7 Å². The van der Waals surface area contributed by atoms with Crippen molar-refractivity contribution in [3.8, 4) is 22.4 Å². The van der Waals surface area contributed by atoms with Gasteiger partial charge in [-0.05, 0) is 41.8 Å². The lowest BCUT2D eigenvalue weighted by atomic mass is 10.0. The Kier molecular flexibility index (Phi) is 3.74. The Morgan fingerprint density at radius 3 is 2.05 bits per heavy atom. The molecule has 0 unspecified atom stereocenters. The number of hydrogen-bond acceptors (Lipinski definition) is 2. The standard InChI is InChI=1S/C18H16N2O2/c1-2-20-17(11-12-19-20)15-7-3-13(4-8-15)14-5-9-16(10-6-14)18(21)22/h3-12H,2H2,1H3,(H,21,22). The second kappa shape index (κ2) is 5.85. The molecule has 0 radical (unpaired) electrons. The topological polar surface area (TPSA) is 55.1 Å². The number of hydrogen-bond donors (Lipinski definition) is 1. The Hall–Kier alpha value is -2.88. The summed E-state index contributed by atoms with van der Waals surface area (Å²) in [6, 6.07) is 17.1. The van der Waals surface area contributed by atoms with E-state index < -0.39 is 5.97 Å². The molecule has 0 aliphatic rings. The molecule has 0 aliphatic heterocycles. The van der Waals surface area contributed by atoms with Gasteiger partial charge in [0.25, 0.3) is 0 Å². The fourth-order valence-corrected chi connectivity index (χ4v) is 2.47. The average Bonchev–Trinajstić information content (AvgIpc) is 3.04. The summed E-state index contributed by atoms with van der Waals surface area (Å²) < 4.78 is 1.96. The lowest BCUT2D eigenvalue weighted by molar-refractivity contribution is 0.0697. The molecule has 0 bridgehead atoms. The van der Waals surface area contributed by atoms with E-state index in [0.29, 0.717) is 5.56 Å². The zero-order valence-electron chi connectivity index (χ0n) is 12.2. The zero-order valence-corrected chi connectivity index (χ0v) is 12.2. The van der Waals surface area contributed by atoms with Crippen LogP contribution in [0.4, 0.5) is 0 Å². The van der Waals surface area contributed by atoms with Crippen LogP contribution in [-0.2, 0) is 6.54 Å². The van der Waals surface area contributed by atoms with Crippen molar-refractivity contribution in [3.63, 3.8) is 0 Å². The molecule has 0 saturated heterocycles. The molecule has 0 amide bonds. The van der Waals surface area contributed by atoms with Crippen molar-refractivity contribution in [1.29, 1.82) is 0 Å². The van der Waals surface area contributed by atoms with Crippen LogP contribution in [0, 0.1) is 0 Å². The molecule has 0 atom stereocenters. The molecule has 4 heteroatoms. The third kappa shape index (κ3) is 2.63. The lowest BCUT2D eigenvalue weighted by Gasteiger charge is -2.07. The molecule has 0 saturated carbocycles. The predicted octanol–water partition coefficient (Wildman–Crippen LogP) is 3.94. The smallest absolute Gasteiger partial charge is 0.335 e. The number of carbonyl (C=O) groups is 1. The molecule has 0 spiro atoms. The highest BCUT2D eigenvalue weighted by atomic mass is 16.4. The molecule has 1 heterocycles. The minimum absolute atomic E-state index is 0.298. The van der Waals surface area contributed by atoms with Crippen LogP contribution in [0.3, 0.4) is 0 Å². The summed E-state index contributed by atoms with van der Waals surface area (Å²) in [5.74, 6) is -0.908. The fraction of sp³-hybridized carbons (Fsp3) is 0.111. The molecule has 0 aliphatic carbocycles. The van der Waals surface area contributed by atoms with E-state index in [1.165, 1.54) is 0 Å². The first-order valence-corrected chi connectivity index (χ1v) is 7.15. The Morgan fingerprint density at radius 2 is 1.50 bits per heavy atom. The van der Waals surface area contributed by atoms with Gasteiger partial charge in [0.2, 0.25) is 0 Å². The first-order valence-electron chi connectivity index (χ1n) is 7.15. The van der Waals surface area contributed by atoms with E-state index in [1.807, 2.05) is 35.0 Å². The molecule has 3 aromatic rings. The number of benzene rings is 2. The van der Waals surface area contributed by atoms with Crippen LogP contribution in [0.15, 0.2) is 60.8 Å². The van der Waals surface area contributed by atoms with Gasteiger partial charge in [-0.3, -0.25) is 4.68 Å². The van der Waals surface area contributed by atoms with E-state index in [9.17, 15) is 4.79 Å².